The minimum atomic E-state index is 0.870. The molecule has 180 valence electrons. The molecule has 4 aliphatic carbocycles. The summed E-state index contributed by atoms with van der Waals surface area (Å²) in [5.41, 5.74) is 0. The van der Waals surface area contributed by atoms with Crippen molar-refractivity contribution in [2.24, 2.45) is 47.3 Å². The first-order valence-electron chi connectivity index (χ1n) is 14.7. The Bertz CT molecular complexity index is 592. The molecule has 0 heteroatoms. The summed E-state index contributed by atoms with van der Waals surface area (Å²) in [6.45, 7) is 4.61. The maximum atomic E-state index is 2.66. The maximum absolute atomic E-state index is 2.66. The normalized spacial score (nSPS) is 42.2. The Hall–Kier alpha value is -0.780. The Morgan fingerprint density at radius 3 is 1.00 bits per heavy atom. The first-order valence-corrected chi connectivity index (χ1v) is 14.7. The van der Waals surface area contributed by atoms with Crippen LogP contribution < -0.4 is 0 Å². The summed E-state index contributed by atoms with van der Waals surface area (Å²) in [6, 6.07) is 0. The minimum absolute atomic E-state index is 0.870. The van der Waals surface area contributed by atoms with Crippen molar-refractivity contribution in [1.82, 2.24) is 0 Å². The van der Waals surface area contributed by atoms with Crippen molar-refractivity contribution in [1.29, 1.82) is 0 Å². The molecule has 0 bridgehead atoms. The molecule has 0 spiro atoms. The van der Waals surface area contributed by atoms with E-state index in [1.165, 1.54) is 103 Å². The summed E-state index contributed by atoms with van der Waals surface area (Å²) in [4.78, 5) is 0. The van der Waals surface area contributed by atoms with Crippen molar-refractivity contribution in [3.8, 4) is 0 Å². The zero-order valence-corrected chi connectivity index (χ0v) is 21.4. The summed E-state index contributed by atoms with van der Waals surface area (Å²) >= 11 is 0. The van der Waals surface area contributed by atoms with Gasteiger partial charge in [-0.15, -0.1) is 0 Å². The molecule has 32 heavy (non-hydrogen) atoms. The molecule has 0 radical (unpaired) electrons. The number of hydrogen-bond acceptors (Lipinski definition) is 0. The van der Waals surface area contributed by atoms with E-state index in [0.29, 0.717) is 0 Å². The molecule has 0 unspecified atom stereocenters. The van der Waals surface area contributed by atoms with E-state index in [1.807, 2.05) is 0 Å². The van der Waals surface area contributed by atoms with Crippen molar-refractivity contribution in [3.63, 3.8) is 0 Å². The molecule has 0 aromatic rings. The standard InChI is InChI=1S/C32H52/c1-3-4-26-17-21-31(22-18-26)32-23-19-30(20-24-32)16-15-29-13-11-28(12-14-29)10-9-27-7-5-25(2)6-8-27/h3-4,9-10,15-16,25-32H,5-8,11-14,17-24H2,1-2H3/b4-3+,10-9+,16-15+. The van der Waals surface area contributed by atoms with E-state index in [0.717, 1.165) is 47.3 Å². The number of hydrogen-bond donors (Lipinski definition) is 0. The summed E-state index contributed by atoms with van der Waals surface area (Å²) in [6.07, 6.45) is 38.6. The average Bonchev–Trinajstić information content (AvgIpc) is 2.84. The van der Waals surface area contributed by atoms with E-state index in [9.17, 15) is 0 Å². The highest BCUT2D eigenvalue weighted by molar-refractivity contribution is 5.01. The Labute approximate surface area is 200 Å². The van der Waals surface area contributed by atoms with Gasteiger partial charge in [0.25, 0.3) is 0 Å². The lowest BCUT2D eigenvalue weighted by Gasteiger charge is -2.37. The smallest absolute Gasteiger partial charge is 0.0233 e. The van der Waals surface area contributed by atoms with Crippen LogP contribution in [-0.4, -0.2) is 0 Å². The van der Waals surface area contributed by atoms with Crippen LogP contribution in [0.5, 0.6) is 0 Å². The average molecular weight is 437 g/mol. The van der Waals surface area contributed by atoms with Gasteiger partial charge in [0.1, 0.15) is 0 Å². The molecule has 4 rings (SSSR count). The van der Waals surface area contributed by atoms with Gasteiger partial charge in [-0.3, -0.25) is 0 Å². The van der Waals surface area contributed by atoms with Crippen LogP contribution in [0.1, 0.15) is 117 Å². The van der Waals surface area contributed by atoms with Gasteiger partial charge in [-0.1, -0.05) is 56.2 Å². The minimum Gasteiger partial charge on any atom is -0.0914 e. The van der Waals surface area contributed by atoms with E-state index < -0.39 is 0 Å². The van der Waals surface area contributed by atoms with Crippen molar-refractivity contribution < 1.29 is 0 Å². The molecule has 0 atom stereocenters. The van der Waals surface area contributed by atoms with Crippen molar-refractivity contribution >= 4 is 0 Å². The van der Waals surface area contributed by atoms with Gasteiger partial charge in [0, 0.05) is 0 Å². The first-order chi connectivity index (χ1) is 15.7. The van der Waals surface area contributed by atoms with Crippen LogP contribution in [-0.2, 0) is 0 Å². The molecular weight excluding hydrogens is 384 g/mol. The fourth-order valence-electron chi connectivity index (χ4n) is 7.53. The van der Waals surface area contributed by atoms with Crippen LogP contribution in [0, 0.1) is 47.3 Å². The van der Waals surface area contributed by atoms with E-state index in [2.05, 4.69) is 50.3 Å². The Balaban J connectivity index is 1.11. The molecule has 0 heterocycles. The maximum Gasteiger partial charge on any atom is -0.0233 e. The lowest BCUT2D eigenvalue weighted by molar-refractivity contribution is 0.166. The summed E-state index contributed by atoms with van der Waals surface area (Å²) < 4.78 is 0. The van der Waals surface area contributed by atoms with E-state index >= 15 is 0 Å². The molecule has 4 aliphatic rings. The van der Waals surface area contributed by atoms with Crippen molar-refractivity contribution in [2.45, 2.75) is 117 Å². The van der Waals surface area contributed by atoms with Gasteiger partial charge in [-0.25, -0.2) is 0 Å². The molecule has 0 saturated heterocycles. The van der Waals surface area contributed by atoms with Gasteiger partial charge < -0.3 is 0 Å². The lowest BCUT2D eigenvalue weighted by atomic mass is 9.69. The molecular formula is C32H52. The van der Waals surface area contributed by atoms with Crippen LogP contribution in [0.2, 0.25) is 0 Å². The first kappa shape index (κ1) is 24.3. The van der Waals surface area contributed by atoms with E-state index in [-0.39, 0.29) is 0 Å². The third-order valence-electron chi connectivity index (χ3n) is 9.95. The van der Waals surface area contributed by atoms with Gasteiger partial charge in [0.2, 0.25) is 0 Å². The molecule has 0 aromatic carbocycles. The molecule has 4 fully saturated rings. The molecule has 0 aliphatic heterocycles. The van der Waals surface area contributed by atoms with Crippen LogP contribution in [0.4, 0.5) is 0 Å². The second-order valence-electron chi connectivity index (χ2n) is 12.3. The van der Waals surface area contributed by atoms with Gasteiger partial charge in [-0.2, -0.15) is 0 Å². The molecule has 0 amide bonds. The van der Waals surface area contributed by atoms with E-state index in [4.69, 9.17) is 0 Å². The van der Waals surface area contributed by atoms with Crippen molar-refractivity contribution in [3.05, 3.63) is 36.5 Å². The highest BCUT2D eigenvalue weighted by Crippen LogP contribution is 2.42. The van der Waals surface area contributed by atoms with Crippen LogP contribution in [0.3, 0.4) is 0 Å². The number of rotatable bonds is 6. The van der Waals surface area contributed by atoms with Gasteiger partial charge in [0.15, 0.2) is 0 Å². The Morgan fingerprint density at radius 2 is 0.656 bits per heavy atom. The third-order valence-corrected chi connectivity index (χ3v) is 9.95. The lowest BCUT2D eigenvalue weighted by Crippen LogP contribution is -2.25. The second kappa shape index (κ2) is 12.6. The van der Waals surface area contributed by atoms with Crippen LogP contribution in [0.15, 0.2) is 36.5 Å². The highest BCUT2D eigenvalue weighted by Gasteiger charge is 2.30. The van der Waals surface area contributed by atoms with Crippen molar-refractivity contribution in [2.75, 3.05) is 0 Å². The van der Waals surface area contributed by atoms with E-state index in [1.54, 1.807) is 0 Å². The van der Waals surface area contributed by atoms with Crippen LogP contribution in [0.25, 0.3) is 0 Å². The number of allylic oxidation sites excluding steroid dienone is 6. The molecule has 0 nitrogen and oxygen atoms in total. The zero-order valence-electron chi connectivity index (χ0n) is 21.4. The molecule has 0 N–H and O–H groups in total. The predicted octanol–water partition coefficient (Wildman–Crippen LogP) is 9.92. The summed E-state index contributed by atoms with van der Waals surface area (Å²) in [5, 5.41) is 0. The predicted molar refractivity (Wildman–Crippen MR) is 141 cm³/mol. The molecule has 4 saturated carbocycles. The fourth-order valence-corrected chi connectivity index (χ4v) is 7.53. The third kappa shape index (κ3) is 7.36. The summed E-state index contributed by atoms with van der Waals surface area (Å²) in [5.74, 6) is 7.46. The highest BCUT2D eigenvalue weighted by atomic mass is 14.4. The SMILES string of the molecule is C/C=C/C1CCC(C2CCC(/C=C/C3CCC(/C=C/C4CCC(C)CC4)CC3)CC2)CC1. The largest absolute Gasteiger partial charge is 0.0914 e. The fraction of sp³-hybridized carbons (Fsp3) is 0.812. The monoisotopic (exact) mass is 436 g/mol. The topological polar surface area (TPSA) is 0 Å². The molecule has 0 aromatic heterocycles. The summed E-state index contributed by atoms with van der Waals surface area (Å²) in [7, 11) is 0. The Kier molecular flexibility index (Phi) is 9.60. The van der Waals surface area contributed by atoms with Crippen LogP contribution >= 0.6 is 0 Å². The Morgan fingerprint density at radius 1 is 0.375 bits per heavy atom. The quantitative estimate of drug-likeness (QED) is 0.363. The second-order valence-corrected chi connectivity index (χ2v) is 12.3. The van der Waals surface area contributed by atoms with Gasteiger partial charge in [0.05, 0.1) is 0 Å². The van der Waals surface area contributed by atoms with Gasteiger partial charge in [-0.05, 0) is 144 Å². The van der Waals surface area contributed by atoms with Gasteiger partial charge >= 0.3 is 0 Å². The zero-order chi connectivity index (χ0) is 22.2.